The second kappa shape index (κ2) is 5.96. The SMILES string of the molecule is CC1(C(=O)NCC2CCN(c3ncccc3C#N)CC2)CC1. The number of pyridine rings is 1. The molecule has 1 aromatic heterocycles. The lowest BCUT2D eigenvalue weighted by Crippen LogP contribution is -2.40. The van der Waals surface area contributed by atoms with Gasteiger partial charge in [-0.05, 0) is 43.7 Å². The van der Waals surface area contributed by atoms with Gasteiger partial charge in [0.15, 0.2) is 0 Å². The first kappa shape index (κ1) is 14.8. The minimum absolute atomic E-state index is 0.0869. The van der Waals surface area contributed by atoms with Crippen molar-refractivity contribution >= 4 is 11.7 Å². The Morgan fingerprint density at radius 2 is 2.23 bits per heavy atom. The van der Waals surface area contributed by atoms with Gasteiger partial charge < -0.3 is 10.2 Å². The number of amides is 1. The fourth-order valence-electron chi connectivity index (χ4n) is 2.95. The summed E-state index contributed by atoms with van der Waals surface area (Å²) in [6.45, 7) is 4.60. The van der Waals surface area contributed by atoms with E-state index >= 15 is 0 Å². The van der Waals surface area contributed by atoms with Crippen molar-refractivity contribution in [3.63, 3.8) is 0 Å². The van der Waals surface area contributed by atoms with Gasteiger partial charge in [0.05, 0.1) is 5.56 Å². The summed E-state index contributed by atoms with van der Waals surface area (Å²) in [5.41, 5.74) is 0.548. The number of nitriles is 1. The predicted molar refractivity (Wildman–Crippen MR) is 84.2 cm³/mol. The maximum Gasteiger partial charge on any atom is 0.225 e. The molecule has 2 aliphatic rings. The summed E-state index contributed by atoms with van der Waals surface area (Å²) in [6, 6.07) is 5.81. The van der Waals surface area contributed by atoms with Crippen LogP contribution in [0.4, 0.5) is 5.82 Å². The second-order valence-corrected chi connectivity index (χ2v) is 6.69. The number of aromatic nitrogens is 1. The summed E-state index contributed by atoms with van der Waals surface area (Å²) >= 11 is 0. The fraction of sp³-hybridized carbons (Fsp3) is 0.588. The van der Waals surface area contributed by atoms with E-state index in [-0.39, 0.29) is 11.3 Å². The van der Waals surface area contributed by atoms with Crippen molar-refractivity contribution < 1.29 is 4.79 Å². The van der Waals surface area contributed by atoms with Crippen LogP contribution in [0.5, 0.6) is 0 Å². The molecule has 3 rings (SSSR count). The molecule has 1 amide bonds. The quantitative estimate of drug-likeness (QED) is 0.924. The molecule has 116 valence electrons. The number of anilines is 1. The van der Waals surface area contributed by atoms with Crippen LogP contribution in [0.15, 0.2) is 18.3 Å². The normalized spacial score (nSPS) is 20.3. The molecule has 1 saturated carbocycles. The predicted octanol–water partition coefficient (Wildman–Crippen LogP) is 2.09. The molecule has 1 aliphatic carbocycles. The molecular formula is C17H22N4O. The Morgan fingerprint density at radius 1 is 1.50 bits per heavy atom. The van der Waals surface area contributed by atoms with E-state index in [2.05, 4.69) is 21.3 Å². The van der Waals surface area contributed by atoms with Crippen molar-refractivity contribution in [3.8, 4) is 6.07 Å². The molecule has 0 aromatic carbocycles. The summed E-state index contributed by atoms with van der Waals surface area (Å²) < 4.78 is 0. The van der Waals surface area contributed by atoms with Crippen molar-refractivity contribution in [1.29, 1.82) is 5.26 Å². The third-order valence-corrected chi connectivity index (χ3v) is 4.92. The molecule has 0 atom stereocenters. The van der Waals surface area contributed by atoms with E-state index < -0.39 is 0 Å². The summed E-state index contributed by atoms with van der Waals surface area (Å²) in [7, 11) is 0. The second-order valence-electron chi connectivity index (χ2n) is 6.69. The Bertz CT molecular complexity index is 595. The van der Waals surface area contributed by atoms with Crippen molar-refractivity contribution in [1.82, 2.24) is 10.3 Å². The summed E-state index contributed by atoms with van der Waals surface area (Å²) in [4.78, 5) is 18.5. The molecule has 0 bridgehead atoms. The minimum Gasteiger partial charge on any atom is -0.356 e. The largest absolute Gasteiger partial charge is 0.356 e. The van der Waals surface area contributed by atoms with Crippen LogP contribution in [0, 0.1) is 22.7 Å². The monoisotopic (exact) mass is 298 g/mol. The van der Waals surface area contributed by atoms with Gasteiger partial charge >= 0.3 is 0 Å². The van der Waals surface area contributed by atoms with E-state index in [1.807, 2.05) is 13.0 Å². The Morgan fingerprint density at radius 3 is 2.86 bits per heavy atom. The zero-order valence-electron chi connectivity index (χ0n) is 13.0. The Kier molecular flexibility index (Phi) is 4.02. The molecule has 2 fully saturated rings. The standard InChI is InChI=1S/C17H22N4O/c1-17(6-7-17)16(22)20-12-13-4-9-21(10-5-13)15-14(11-18)3-2-8-19-15/h2-3,8,13H,4-7,9-10,12H2,1H3,(H,20,22). The number of hydrogen-bond donors (Lipinski definition) is 1. The molecule has 22 heavy (non-hydrogen) atoms. The first-order valence-corrected chi connectivity index (χ1v) is 8.01. The smallest absolute Gasteiger partial charge is 0.225 e. The van der Waals surface area contributed by atoms with Crippen LogP contribution in [0.2, 0.25) is 0 Å². The summed E-state index contributed by atoms with van der Waals surface area (Å²) in [5.74, 6) is 1.53. The van der Waals surface area contributed by atoms with Crippen LogP contribution in [0.1, 0.15) is 38.2 Å². The highest BCUT2D eigenvalue weighted by atomic mass is 16.2. The van der Waals surface area contributed by atoms with Gasteiger partial charge in [0.1, 0.15) is 11.9 Å². The van der Waals surface area contributed by atoms with Crippen LogP contribution in [-0.4, -0.2) is 30.5 Å². The molecule has 1 aliphatic heterocycles. The molecule has 5 nitrogen and oxygen atoms in total. The molecule has 1 N–H and O–H groups in total. The van der Waals surface area contributed by atoms with Crippen LogP contribution in [0.3, 0.4) is 0 Å². The minimum atomic E-state index is -0.0869. The van der Waals surface area contributed by atoms with Gasteiger partial charge in [-0.25, -0.2) is 4.98 Å². The van der Waals surface area contributed by atoms with Crippen LogP contribution >= 0.6 is 0 Å². The van der Waals surface area contributed by atoms with Gasteiger partial charge in [-0.15, -0.1) is 0 Å². The number of nitrogens with zero attached hydrogens (tertiary/aromatic N) is 3. The number of nitrogens with one attached hydrogen (secondary N) is 1. The molecule has 2 heterocycles. The van der Waals surface area contributed by atoms with Crippen molar-refractivity contribution in [3.05, 3.63) is 23.9 Å². The molecule has 1 aromatic rings. The molecule has 0 radical (unpaired) electrons. The van der Waals surface area contributed by atoms with E-state index in [0.717, 1.165) is 51.1 Å². The van der Waals surface area contributed by atoms with E-state index in [9.17, 15) is 4.79 Å². The van der Waals surface area contributed by atoms with Gasteiger partial charge in [-0.1, -0.05) is 6.92 Å². The van der Waals surface area contributed by atoms with Gasteiger partial charge in [0, 0.05) is 31.2 Å². The maximum absolute atomic E-state index is 12.0. The fourth-order valence-corrected chi connectivity index (χ4v) is 2.95. The first-order chi connectivity index (χ1) is 10.6. The number of rotatable bonds is 4. The highest BCUT2D eigenvalue weighted by Crippen LogP contribution is 2.45. The summed E-state index contributed by atoms with van der Waals surface area (Å²) in [6.07, 6.45) is 5.83. The topological polar surface area (TPSA) is 69.0 Å². The molecule has 0 unspecified atom stereocenters. The number of hydrogen-bond acceptors (Lipinski definition) is 4. The van der Waals surface area contributed by atoms with Crippen LogP contribution in [0.25, 0.3) is 0 Å². The first-order valence-electron chi connectivity index (χ1n) is 8.01. The van der Waals surface area contributed by atoms with E-state index in [0.29, 0.717) is 11.5 Å². The maximum atomic E-state index is 12.0. The van der Waals surface area contributed by atoms with Crippen LogP contribution in [-0.2, 0) is 4.79 Å². The third-order valence-electron chi connectivity index (χ3n) is 4.92. The lowest BCUT2D eigenvalue weighted by Gasteiger charge is -2.33. The lowest BCUT2D eigenvalue weighted by atomic mass is 9.96. The van der Waals surface area contributed by atoms with Crippen molar-refractivity contribution in [2.45, 2.75) is 32.6 Å². The molecular weight excluding hydrogens is 276 g/mol. The van der Waals surface area contributed by atoms with Crippen LogP contribution < -0.4 is 10.2 Å². The number of piperidine rings is 1. The zero-order chi connectivity index (χ0) is 15.6. The van der Waals surface area contributed by atoms with E-state index in [1.54, 1.807) is 12.3 Å². The summed E-state index contributed by atoms with van der Waals surface area (Å²) in [5, 5.41) is 12.3. The van der Waals surface area contributed by atoms with Gasteiger partial charge in [0.2, 0.25) is 5.91 Å². The molecule has 5 heteroatoms. The number of carbonyl (C=O) groups excluding carboxylic acids is 1. The highest BCUT2D eigenvalue weighted by molar-refractivity contribution is 5.84. The lowest BCUT2D eigenvalue weighted by molar-refractivity contribution is -0.125. The number of carbonyl (C=O) groups is 1. The average molecular weight is 298 g/mol. The van der Waals surface area contributed by atoms with Gasteiger partial charge in [-0.2, -0.15) is 5.26 Å². The zero-order valence-corrected chi connectivity index (χ0v) is 13.0. The highest BCUT2D eigenvalue weighted by Gasteiger charge is 2.44. The molecule has 0 spiro atoms. The van der Waals surface area contributed by atoms with E-state index in [1.165, 1.54) is 0 Å². The van der Waals surface area contributed by atoms with Gasteiger partial charge in [0.25, 0.3) is 0 Å². The van der Waals surface area contributed by atoms with Gasteiger partial charge in [-0.3, -0.25) is 4.79 Å². The van der Waals surface area contributed by atoms with Crippen molar-refractivity contribution in [2.24, 2.45) is 11.3 Å². The molecule has 1 saturated heterocycles. The van der Waals surface area contributed by atoms with E-state index in [4.69, 9.17) is 5.26 Å². The Hall–Kier alpha value is -2.09. The van der Waals surface area contributed by atoms with Crippen molar-refractivity contribution in [2.75, 3.05) is 24.5 Å². The third kappa shape index (κ3) is 3.06. The average Bonchev–Trinajstić information content (AvgIpc) is 3.32. The Labute approximate surface area is 131 Å². The Balaban J connectivity index is 1.50.